The van der Waals surface area contributed by atoms with Crippen molar-refractivity contribution in [2.45, 2.75) is 51.7 Å². The molecule has 148 valence electrons. The standard InChI is InChI=1S/C20H28N4O2.HI/c1-2-21-20(22-12-11-17-8-5-13-25-17)24-15-16-9-10-19(23-14-16)26-18-6-3-4-7-18;/h5,8-10,13-14,18H,2-4,6-7,11-12,15H2,1H3,(H2,21,22,24);1H. The van der Waals surface area contributed by atoms with Gasteiger partial charge in [0, 0.05) is 31.8 Å². The van der Waals surface area contributed by atoms with Gasteiger partial charge in [-0.15, -0.1) is 24.0 Å². The third-order valence-corrected chi connectivity index (χ3v) is 4.40. The fraction of sp³-hybridized carbons (Fsp3) is 0.500. The first-order valence-electron chi connectivity index (χ1n) is 9.49. The van der Waals surface area contributed by atoms with Crippen LogP contribution >= 0.6 is 24.0 Å². The molecule has 2 heterocycles. The molecule has 1 aliphatic rings. The smallest absolute Gasteiger partial charge is 0.213 e. The maximum absolute atomic E-state index is 5.90. The molecule has 1 fully saturated rings. The fourth-order valence-corrected chi connectivity index (χ4v) is 3.02. The summed E-state index contributed by atoms with van der Waals surface area (Å²) in [6.07, 6.45) is 9.51. The van der Waals surface area contributed by atoms with E-state index >= 15 is 0 Å². The summed E-state index contributed by atoms with van der Waals surface area (Å²) >= 11 is 0. The quantitative estimate of drug-likeness (QED) is 0.338. The van der Waals surface area contributed by atoms with Crippen molar-refractivity contribution in [1.29, 1.82) is 0 Å². The lowest BCUT2D eigenvalue weighted by Crippen LogP contribution is -2.38. The number of aliphatic imine (C=N–C) groups is 1. The van der Waals surface area contributed by atoms with Crippen LogP contribution in [0.3, 0.4) is 0 Å². The average molecular weight is 484 g/mol. The number of ether oxygens (including phenoxy) is 1. The van der Waals surface area contributed by atoms with Gasteiger partial charge in [0.1, 0.15) is 11.9 Å². The van der Waals surface area contributed by atoms with Gasteiger partial charge in [0.15, 0.2) is 5.96 Å². The van der Waals surface area contributed by atoms with Crippen LogP contribution < -0.4 is 15.4 Å². The summed E-state index contributed by atoms with van der Waals surface area (Å²) in [7, 11) is 0. The van der Waals surface area contributed by atoms with E-state index in [0.717, 1.165) is 49.6 Å². The molecule has 0 aromatic carbocycles. The van der Waals surface area contributed by atoms with Crippen molar-refractivity contribution in [3.8, 4) is 5.88 Å². The lowest BCUT2D eigenvalue weighted by atomic mass is 10.3. The number of rotatable bonds is 8. The third kappa shape index (κ3) is 7.40. The molecule has 0 aliphatic heterocycles. The van der Waals surface area contributed by atoms with Crippen molar-refractivity contribution in [3.05, 3.63) is 48.0 Å². The number of hydrogen-bond acceptors (Lipinski definition) is 4. The van der Waals surface area contributed by atoms with E-state index < -0.39 is 0 Å². The van der Waals surface area contributed by atoms with E-state index in [2.05, 4.69) is 27.5 Å². The molecule has 0 radical (unpaired) electrons. The molecular formula is C20H29IN4O2. The molecule has 0 amide bonds. The van der Waals surface area contributed by atoms with Gasteiger partial charge in [-0.25, -0.2) is 9.98 Å². The third-order valence-electron chi connectivity index (χ3n) is 4.40. The van der Waals surface area contributed by atoms with Crippen molar-refractivity contribution >= 4 is 29.9 Å². The molecule has 0 bridgehead atoms. The Morgan fingerprint density at radius 3 is 2.78 bits per heavy atom. The van der Waals surface area contributed by atoms with Gasteiger partial charge >= 0.3 is 0 Å². The second-order valence-corrected chi connectivity index (χ2v) is 6.48. The zero-order valence-corrected chi connectivity index (χ0v) is 18.1. The molecule has 7 heteroatoms. The minimum Gasteiger partial charge on any atom is -0.474 e. The van der Waals surface area contributed by atoms with Crippen LogP contribution in [0.15, 0.2) is 46.1 Å². The molecule has 3 rings (SSSR count). The van der Waals surface area contributed by atoms with Gasteiger partial charge in [0.05, 0.1) is 12.8 Å². The van der Waals surface area contributed by atoms with E-state index in [1.807, 2.05) is 30.5 Å². The molecule has 0 atom stereocenters. The Hall–Kier alpha value is -1.77. The Morgan fingerprint density at radius 1 is 1.26 bits per heavy atom. The van der Waals surface area contributed by atoms with Crippen molar-refractivity contribution in [3.63, 3.8) is 0 Å². The zero-order chi connectivity index (χ0) is 18.0. The molecule has 0 unspecified atom stereocenters. The minimum absolute atomic E-state index is 0. The minimum atomic E-state index is 0. The summed E-state index contributed by atoms with van der Waals surface area (Å²) in [5, 5.41) is 6.58. The van der Waals surface area contributed by atoms with E-state index in [4.69, 9.17) is 9.15 Å². The first kappa shape index (κ1) is 21.5. The number of guanidine groups is 1. The molecule has 27 heavy (non-hydrogen) atoms. The van der Waals surface area contributed by atoms with Crippen LogP contribution in [0.25, 0.3) is 0 Å². The van der Waals surface area contributed by atoms with Crippen LogP contribution in [-0.2, 0) is 13.0 Å². The highest BCUT2D eigenvalue weighted by Crippen LogP contribution is 2.22. The lowest BCUT2D eigenvalue weighted by Gasteiger charge is -2.12. The van der Waals surface area contributed by atoms with Crippen LogP contribution in [0.4, 0.5) is 0 Å². The molecule has 2 aromatic rings. The summed E-state index contributed by atoms with van der Waals surface area (Å²) in [4.78, 5) is 9.04. The molecule has 1 aliphatic carbocycles. The predicted octanol–water partition coefficient (Wildman–Crippen LogP) is 3.91. The van der Waals surface area contributed by atoms with Crippen LogP contribution in [0.1, 0.15) is 43.9 Å². The highest BCUT2D eigenvalue weighted by molar-refractivity contribution is 14.0. The maximum Gasteiger partial charge on any atom is 0.213 e. The molecule has 0 spiro atoms. The first-order chi connectivity index (χ1) is 12.8. The largest absolute Gasteiger partial charge is 0.474 e. The lowest BCUT2D eigenvalue weighted by molar-refractivity contribution is 0.201. The normalized spacial score (nSPS) is 14.6. The molecule has 6 nitrogen and oxygen atoms in total. The van der Waals surface area contributed by atoms with Gasteiger partial charge in [-0.3, -0.25) is 0 Å². The Kier molecular flexibility index (Phi) is 9.44. The van der Waals surface area contributed by atoms with E-state index in [1.54, 1.807) is 6.26 Å². The summed E-state index contributed by atoms with van der Waals surface area (Å²) in [5.74, 6) is 2.48. The molecule has 2 aromatic heterocycles. The number of nitrogens with one attached hydrogen (secondary N) is 2. The van der Waals surface area contributed by atoms with Gasteiger partial charge in [-0.1, -0.05) is 6.07 Å². The maximum atomic E-state index is 5.90. The van der Waals surface area contributed by atoms with Gasteiger partial charge in [-0.05, 0) is 50.3 Å². The Bertz CT molecular complexity index is 668. The number of nitrogens with zero attached hydrogens (tertiary/aromatic N) is 2. The monoisotopic (exact) mass is 484 g/mol. The van der Waals surface area contributed by atoms with Crippen molar-refractivity contribution in [2.24, 2.45) is 4.99 Å². The molecule has 1 saturated carbocycles. The number of aromatic nitrogens is 1. The van der Waals surface area contributed by atoms with Crippen LogP contribution in [-0.4, -0.2) is 30.1 Å². The summed E-state index contributed by atoms with van der Waals surface area (Å²) in [5.41, 5.74) is 1.06. The summed E-state index contributed by atoms with van der Waals surface area (Å²) in [6.45, 7) is 4.22. The second-order valence-electron chi connectivity index (χ2n) is 6.48. The summed E-state index contributed by atoms with van der Waals surface area (Å²) < 4.78 is 11.2. The highest BCUT2D eigenvalue weighted by Gasteiger charge is 2.16. The fourth-order valence-electron chi connectivity index (χ4n) is 3.02. The van der Waals surface area contributed by atoms with E-state index in [-0.39, 0.29) is 24.0 Å². The molecule has 2 N–H and O–H groups in total. The molecule has 0 saturated heterocycles. The Labute approximate surface area is 178 Å². The van der Waals surface area contributed by atoms with Crippen LogP contribution in [0.5, 0.6) is 5.88 Å². The van der Waals surface area contributed by atoms with Crippen molar-refractivity contribution in [1.82, 2.24) is 15.6 Å². The second kappa shape index (κ2) is 11.8. The van der Waals surface area contributed by atoms with Crippen molar-refractivity contribution < 1.29 is 9.15 Å². The topological polar surface area (TPSA) is 71.7 Å². The SMILES string of the molecule is CCNC(=NCc1ccc(OC2CCCC2)nc1)NCCc1ccco1.I. The van der Waals surface area contributed by atoms with Gasteiger partial charge in [0.2, 0.25) is 5.88 Å². The number of furan rings is 1. The van der Waals surface area contributed by atoms with Crippen LogP contribution in [0.2, 0.25) is 0 Å². The van der Waals surface area contributed by atoms with Crippen molar-refractivity contribution in [2.75, 3.05) is 13.1 Å². The number of halogens is 1. The van der Waals surface area contributed by atoms with E-state index in [1.165, 1.54) is 12.8 Å². The zero-order valence-electron chi connectivity index (χ0n) is 15.8. The highest BCUT2D eigenvalue weighted by atomic mass is 127. The van der Waals surface area contributed by atoms with Gasteiger partial charge < -0.3 is 19.8 Å². The Balaban J connectivity index is 0.00000261. The van der Waals surface area contributed by atoms with E-state index in [0.29, 0.717) is 18.5 Å². The average Bonchev–Trinajstić information content (AvgIpc) is 3.35. The Morgan fingerprint density at radius 2 is 2.11 bits per heavy atom. The van der Waals surface area contributed by atoms with Crippen LogP contribution in [0, 0.1) is 0 Å². The van der Waals surface area contributed by atoms with Gasteiger partial charge in [-0.2, -0.15) is 0 Å². The van der Waals surface area contributed by atoms with E-state index in [9.17, 15) is 0 Å². The number of hydrogen-bond donors (Lipinski definition) is 2. The first-order valence-corrected chi connectivity index (χ1v) is 9.49. The predicted molar refractivity (Wildman–Crippen MR) is 118 cm³/mol. The van der Waals surface area contributed by atoms with Gasteiger partial charge in [0.25, 0.3) is 0 Å². The molecular weight excluding hydrogens is 455 g/mol. The summed E-state index contributed by atoms with van der Waals surface area (Å²) in [6, 6.07) is 7.86. The number of pyridine rings is 1.